The van der Waals surface area contributed by atoms with Gasteiger partial charge >= 0.3 is 5.97 Å². The molecule has 1 aromatic rings. The van der Waals surface area contributed by atoms with Crippen LogP contribution in [0.1, 0.15) is 42.7 Å². The molecule has 1 aromatic heterocycles. The second-order valence-corrected chi connectivity index (χ2v) is 6.39. The Morgan fingerprint density at radius 1 is 1.43 bits per heavy atom. The lowest BCUT2D eigenvalue weighted by Gasteiger charge is -2.21. The molecule has 0 aliphatic carbocycles. The Morgan fingerprint density at radius 2 is 2.05 bits per heavy atom. The van der Waals surface area contributed by atoms with Gasteiger partial charge in [0.05, 0.1) is 5.69 Å². The number of nitrogens with two attached hydrogens (primary N) is 1. The lowest BCUT2D eigenvalue weighted by molar-refractivity contribution is -0.119. The summed E-state index contributed by atoms with van der Waals surface area (Å²) in [6.07, 6.45) is 1.20. The highest BCUT2D eigenvalue weighted by Gasteiger charge is 2.25. The Hall–Kier alpha value is -1.47. The van der Waals surface area contributed by atoms with Crippen LogP contribution in [0.25, 0.3) is 0 Å². The molecule has 0 fully saturated rings. The van der Waals surface area contributed by atoms with E-state index in [-0.39, 0.29) is 17.4 Å². The number of aromatic carboxylic acids is 1. The Bertz CT molecular complexity index is 514. The zero-order chi connectivity index (χ0) is 16.2. The van der Waals surface area contributed by atoms with Gasteiger partial charge in [-0.15, -0.1) is 0 Å². The van der Waals surface area contributed by atoms with Gasteiger partial charge in [-0.1, -0.05) is 13.8 Å². The fourth-order valence-corrected chi connectivity index (χ4v) is 3.12. The van der Waals surface area contributed by atoms with E-state index >= 15 is 0 Å². The van der Waals surface area contributed by atoms with Gasteiger partial charge in [0, 0.05) is 13.5 Å². The quantitative estimate of drug-likeness (QED) is 0.803. The summed E-state index contributed by atoms with van der Waals surface area (Å²) in [7, 11) is 1.59. The first kappa shape index (κ1) is 17.6. The molecule has 0 aliphatic heterocycles. The third kappa shape index (κ3) is 4.50. The van der Waals surface area contributed by atoms with Crippen molar-refractivity contribution in [2.45, 2.75) is 33.6 Å². The first-order valence-electron chi connectivity index (χ1n) is 6.94. The molecular formula is C14H23N3O3S. The van der Waals surface area contributed by atoms with Gasteiger partial charge in [0.15, 0.2) is 0 Å². The van der Waals surface area contributed by atoms with E-state index in [0.29, 0.717) is 29.6 Å². The summed E-state index contributed by atoms with van der Waals surface area (Å²) in [5, 5.41) is 9.60. The Labute approximate surface area is 129 Å². The molecule has 3 N–H and O–H groups in total. The highest BCUT2D eigenvalue weighted by Crippen LogP contribution is 2.29. The second-order valence-electron chi connectivity index (χ2n) is 5.64. The van der Waals surface area contributed by atoms with Gasteiger partial charge in [-0.2, -0.15) is 4.37 Å². The number of rotatable bonds is 7. The summed E-state index contributed by atoms with van der Waals surface area (Å²) >= 11 is 1.03. The monoisotopic (exact) mass is 313 g/mol. The smallest absolute Gasteiger partial charge is 0.340 e. The minimum atomic E-state index is -1.06. The number of hydrogen-bond acceptors (Lipinski definition) is 5. The molecule has 0 saturated carbocycles. The number of carboxylic acids is 1. The number of carboxylic acid groups (broad SMARTS) is 1. The topological polar surface area (TPSA) is 96.5 Å². The third-order valence-electron chi connectivity index (χ3n) is 3.34. The van der Waals surface area contributed by atoms with E-state index in [4.69, 9.17) is 5.73 Å². The number of aryl methyl sites for hydroxylation is 1. The predicted molar refractivity (Wildman–Crippen MR) is 83.8 cm³/mol. The van der Waals surface area contributed by atoms with E-state index in [9.17, 15) is 14.7 Å². The van der Waals surface area contributed by atoms with Crippen LogP contribution in [0.5, 0.6) is 0 Å². The molecule has 0 saturated heterocycles. The fourth-order valence-electron chi connectivity index (χ4n) is 2.26. The molecule has 7 heteroatoms. The molecule has 0 bridgehead atoms. The van der Waals surface area contributed by atoms with Gasteiger partial charge in [-0.05, 0) is 43.3 Å². The number of amides is 1. The van der Waals surface area contributed by atoms with Gasteiger partial charge in [-0.25, -0.2) is 4.79 Å². The Kier molecular flexibility index (Phi) is 6.29. The normalized spacial score (nSPS) is 12.5. The molecule has 1 amide bonds. The Balaban J connectivity index is 2.85. The lowest BCUT2D eigenvalue weighted by Crippen LogP contribution is -2.31. The summed E-state index contributed by atoms with van der Waals surface area (Å²) < 4.78 is 4.03. The molecular weight excluding hydrogens is 290 g/mol. The van der Waals surface area contributed by atoms with E-state index < -0.39 is 5.97 Å². The van der Waals surface area contributed by atoms with E-state index in [1.807, 2.05) is 0 Å². The van der Waals surface area contributed by atoms with Gasteiger partial charge in [-0.3, -0.25) is 4.79 Å². The van der Waals surface area contributed by atoms with Gasteiger partial charge in [0.25, 0.3) is 0 Å². The molecule has 1 rings (SSSR count). The van der Waals surface area contributed by atoms with Gasteiger partial charge < -0.3 is 15.7 Å². The molecule has 0 radical (unpaired) electrons. The van der Waals surface area contributed by atoms with Crippen molar-refractivity contribution in [3.63, 3.8) is 0 Å². The van der Waals surface area contributed by atoms with Crippen molar-refractivity contribution >= 4 is 28.4 Å². The van der Waals surface area contributed by atoms with E-state index in [1.54, 1.807) is 14.0 Å². The van der Waals surface area contributed by atoms with Crippen molar-refractivity contribution < 1.29 is 14.7 Å². The van der Waals surface area contributed by atoms with Crippen LogP contribution in [0.2, 0.25) is 0 Å². The number of anilines is 1. The largest absolute Gasteiger partial charge is 0.478 e. The van der Waals surface area contributed by atoms with Crippen molar-refractivity contribution in [2.75, 3.05) is 18.5 Å². The summed E-state index contributed by atoms with van der Waals surface area (Å²) in [6, 6.07) is 0. The molecule has 6 nitrogen and oxygen atoms in total. The molecule has 118 valence electrons. The maximum atomic E-state index is 12.3. The number of carbonyl (C=O) groups is 2. The molecule has 1 unspecified atom stereocenters. The number of hydrogen-bond donors (Lipinski definition) is 2. The van der Waals surface area contributed by atoms with Crippen LogP contribution in [0.4, 0.5) is 5.00 Å². The standard InChI is InChI=1S/C14H23N3O3S/c1-8(2)5-10(7-15)6-11(18)17(4)13-12(14(19)20)9(3)16-21-13/h8,10H,5-7,15H2,1-4H3,(H,19,20). The van der Waals surface area contributed by atoms with Gasteiger partial charge in [0.1, 0.15) is 10.6 Å². The minimum Gasteiger partial charge on any atom is -0.478 e. The fraction of sp³-hybridized carbons (Fsp3) is 0.643. The van der Waals surface area contributed by atoms with Crippen LogP contribution in [0, 0.1) is 18.8 Å². The zero-order valence-corrected chi connectivity index (χ0v) is 13.7. The lowest BCUT2D eigenvalue weighted by atomic mass is 9.94. The van der Waals surface area contributed by atoms with Crippen molar-refractivity contribution in [1.29, 1.82) is 0 Å². The summed E-state index contributed by atoms with van der Waals surface area (Å²) in [5.74, 6) is -0.607. The zero-order valence-electron chi connectivity index (χ0n) is 12.9. The van der Waals surface area contributed by atoms with Crippen LogP contribution in [-0.4, -0.2) is 34.9 Å². The van der Waals surface area contributed by atoms with E-state index in [2.05, 4.69) is 18.2 Å². The summed E-state index contributed by atoms with van der Waals surface area (Å²) in [4.78, 5) is 25.0. The highest BCUT2D eigenvalue weighted by molar-refractivity contribution is 7.11. The number of carbonyl (C=O) groups excluding carboxylic acids is 1. The number of nitrogens with zero attached hydrogens (tertiary/aromatic N) is 2. The maximum Gasteiger partial charge on any atom is 0.340 e. The number of aromatic nitrogens is 1. The first-order valence-corrected chi connectivity index (χ1v) is 7.71. The SMILES string of the molecule is Cc1nsc(N(C)C(=O)CC(CN)CC(C)C)c1C(=O)O. The molecule has 1 atom stereocenters. The van der Waals surface area contributed by atoms with Crippen molar-refractivity contribution in [2.24, 2.45) is 17.6 Å². The van der Waals surface area contributed by atoms with Crippen LogP contribution in [0.15, 0.2) is 0 Å². The third-order valence-corrected chi connectivity index (χ3v) is 4.35. The molecule has 0 spiro atoms. The van der Waals surface area contributed by atoms with Crippen LogP contribution in [0.3, 0.4) is 0 Å². The van der Waals surface area contributed by atoms with Crippen molar-refractivity contribution in [3.05, 3.63) is 11.3 Å². The first-order chi connectivity index (χ1) is 9.77. The molecule has 0 aliphatic rings. The molecule has 21 heavy (non-hydrogen) atoms. The van der Waals surface area contributed by atoms with Crippen LogP contribution < -0.4 is 10.6 Å². The highest BCUT2D eigenvalue weighted by atomic mass is 32.1. The second kappa shape index (κ2) is 7.51. The van der Waals surface area contributed by atoms with Crippen molar-refractivity contribution in [1.82, 2.24) is 4.37 Å². The average Bonchev–Trinajstić information content (AvgIpc) is 2.78. The summed E-state index contributed by atoms with van der Waals surface area (Å²) in [6.45, 7) is 6.26. The molecule has 1 heterocycles. The minimum absolute atomic E-state index is 0.101. The van der Waals surface area contributed by atoms with Gasteiger partial charge in [0.2, 0.25) is 5.91 Å². The van der Waals surface area contributed by atoms with Crippen molar-refractivity contribution in [3.8, 4) is 0 Å². The van der Waals surface area contributed by atoms with E-state index in [1.165, 1.54) is 4.90 Å². The molecule has 0 aromatic carbocycles. The Morgan fingerprint density at radius 3 is 2.52 bits per heavy atom. The van der Waals surface area contributed by atoms with Crippen LogP contribution >= 0.6 is 11.5 Å². The predicted octanol–water partition coefficient (Wildman–Crippen LogP) is 2.12. The maximum absolute atomic E-state index is 12.3. The summed E-state index contributed by atoms with van der Waals surface area (Å²) in [5.41, 5.74) is 6.25. The van der Waals surface area contributed by atoms with Crippen LogP contribution in [-0.2, 0) is 4.79 Å². The van der Waals surface area contributed by atoms with E-state index in [0.717, 1.165) is 18.0 Å². The average molecular weight is 313 g/mol.